The predicted molar refractivity (Wildman–Crippen MR) is 94.6 cm³/mol. The number of anilines is 1. The molecule has 23 heavy (non-hydrogen) atoms. The summed E-state index contributed by atoms with van der Waals surface area (Å²) in [6.07, 6.45) is 3.28. The van der Waals surface area contributed by atoms with Gasteiger partial charge >= 0.3 is 6.03 Å². The molecule has 3 heteroatoms. The molecule has 0 spiro atoms. The Bertz CT molecular complexity index is 646. The predicted octanol–water partition coefficient (Wildman–Crippen LogP) is 4.48. The summed E-state index contributed by atoms with van der Waals surface area (Å²) >= 11 is 0. The Morgan fingerprint density at radius 3 is 2.39 bits per heavy atom. The first-order valence-corrected chi connectivity index (χ1v) is 8.38. The number of hydrogen-bond acceptors (Lipinski definition) is 1. The summed E-state index contributed by atoms with van der Waals surface area (Å²) in [5.74, 6) is 0.680. The second kappa shape index (κ2) is 7.32. The smallest absolute Gasteiger partial charge is 0.321 e. The van der Waals surface area contributed by atoms with E-state index < -0.39 is 0 Å². The van der Waals surface area contributed by atoms with Crippen LogP contribution in [-0.4, -0.2) is 24.0 Å². The van der Waals surface area contributed by atoms with Crippen molar-refractivity contribution in [3.05, 3.63) is 65.7 Å². The fraction of sp³-hybridized carbons (Fsp3) is 0.350. The molecule has 1 N–H and O–H groups in total. The number of benzene rings is 2. The van der Waals surface area contributed by atoms with Crippen LogP contribution in [0.3, 0.4) is 0 Å². The third-order valence-corrected chi connectivity index (χ3v) is 4.66. The Morgan fingerprint density at radius 2 is 1.70 bits per heavy atom. The van der Waals surface area contributed by atoms with Crippen molar-refractivity contribution in [2.75, 3.05) is 18.4 Å². The van der Waals surface area contributed by atoms with Gasteiger partial charge in [-0.15, -0.1) is 0 Å². The van der Waals surface area contributed by atoms with Crippen molar-refractivity contribution in [2.45, 2.75) is 26.2 Å². The zero-order valence-electron chi connectivity index (χ0n) is 13.7. The maximum Gasteiger partial charge on any atom is 0.321 e. The number of piperidine rings is 1. The summed E-state index contributed by atoms with van der Waals surface area (Å²) in [4.78, 5) is 14.3. The third-order valence-electron chi connectivity index (χ3n) is 4.66. The van der Waals surface area contributed by atoms with Crippen LogP contribution in [0.1, 0.15) is 24.0 Å². The molecule has 0 unspecified atom stereocenters. The summed E-state index contributed by atoms with van der Waals surface area (Å²) in [7, 11) is 0. The van der Waals surface area contributed by atoms with Crippen molar-refractivity contribution in [1.29, 1.82) is 0 Å². The van der Waals surface area contributed by atoms with Gasteiger partial charge in [0, 0.05) is 18.8 Å². The lowest BCUT2D eigenvalue weighted by Gasteiger charge is -2.32. The molecule has 1 aliphatic heterocycles. The molecule has 1 aliphatic rings. The quantitative estimate of drug-likeness (QED) is 0.890. The highest BCUT2D eigenvalue weighted by Gasteiger charge is 2.23. The summed E-state index contributed by atoms with van der Waals surface area (Å²) in [6.45, 7) is 3.70. The van der Waals surface area contributed by atoms with Gasteiger partial charge in [-0.05, 0) is 49.3 Å². The van der Waals surface area contributed by atoms with E-state index in [1.807, 2.05) is 36.1 Å². The summed E-state index contributed by atoms with van der Waals surface area (Å²) in [5.41, 5.74) is 3.40. The molecule has 3 rings (SSSR count). The van der Waals surface area contributed by atoms with Crippen LogP contribution in [0.15, 0.2) is 54.6 Å². The number of amides is 2. The van der Waals surface area contributed by atoms with Crippen LogP contribution in [0, 0.1) is 12.8 Å². The number of carbonyl (C=O) groups is 1. The number of nitrogens with one attached hydrogen (secondary N) is 1. The van der Waals surface area contributed by atoms with Gasteiger partial charge in [0.05, 0.1) is 0 Å². The monoisotopic (exact) mass is 308 g/mol. The fourth-order valence-electron chi connectivity index (χ4n) is 3.20. The highest BCUT2D eigenvalue weighted by Crippen LogP contribution is 2.22. The molecule has 0 saturated carbocycles. The standard InChI is InChI=1S/C20H24N2O/c1-16-7-5-6-10-19(16)21-20(23)22-13-11-18(12-14-22)15-17-8-3-2-4-9-17/h2-10,18H,11-15H2,1H3,(H,21,23). The first-order valence-electron chi connectivity index (χ1n) is 8.38. The van der Waals surface area contributed by atoms with E-state index in [2.05, 4.69) is 35.6 Å². The number of rotatable bonds is 3. The van der Waals surface area contributed by atoms with Crippen LogP contribution in [0.5, 0.6) is 0 Å². The second-order valence-electron chi connectivity index (χ2n) is 6.37. The van der Waals surface area contributed by atoms with E-state index >= 15 is 0 Å². The van der Waals surface area contributed by atoms with Gasteiger partial charge in [0.25, 0.3) is 0 Å². The van der Waals surface area contributed by atoms with Crippen LogP contribution < -0.4 is 5.32 Å². The van der Waals surface area contributed by atoms with E-state index in [9.17, 15) is 4.79 Å². The second-order valence-corrected chi connectivity index (χ2v) is 6.37. The molecule has 0 bridgehead atoms. The number of carbonyl (C=O) groups excluding carboxylic acids is 1. The summed E-state index contributed by atoms with van der Waals surface area (Å²) < 4.78 is 0. The lowest BCUT2D eigenvalue weighted by Crippen LogP contribution is -2.41. The van der Waals surface area contributed by atoms with Crippen molar-refractivity contribution in [3.63, 3.8) is 0 Å². The third kappa shape index (κ3) is 4.13. The number of para-hydroxylation sites is 1. The Hall–Kier alpha value is -2.29. The van der Waals surface area contributed by atoms with Gasteiger partial charge in [0.2, 0.25) is 0 Å². The molecule has 0 atom stereocenters. The van der Waals surface area contributed by atoms with E-state index in [1.54, 1.807) is 0 Å². The highest BCUT2D eigenvalue weighted by atomic mass is 16.2. The Balaban J connectivity index is 1.50. The summed E-state index contributed by atoms with van der Waals surface area (Å²) in [6, 6.07) is 18.6. The van der Waals surface area contributed by atoms with Gasteiger partial charge in [0.15, 0.2) is 0 Å². The normalized spacial score (nSPS) is 15.4. The highest BCUT2D eigenvalue weighted by molar-refractivity contribution is 5.90. The van der Waals surface area contributed by atoms with Gasteiger partial charge in [-0.25, -0.2) is 4.79 Å². The summed E-state index contributed by atoms with van der Waals surface area (Å²) in [5, 5.41) is 3.03. The number of nitrogens with zero attached hydrogens (tertiary/aromatic N) is 1. The minimum atomic E-state index is 0.0254. The van der Waals surface area contributed by atoms with Crippen molar-refractivity contribution < 1.29 is 4.79 Å². The number of likely N-dealkylation sites (tertiary alicyclic amines) is 1. The average molecular weight is 308 g/mol. The number of urea groups is 1. The Morgan fingerprint density at radius 1 is 1.04 bits per heavy atom. The molecular formula is C20H24N2O. The molecule has 0 aliphatic carbocycles. The topological polar surface area (TPSA) is 32.3 Å². The van der Waals surface area contributed by atoms with Gasteiger partial charge in [-0.2, -0.15) is 0 Å². The van der Waals surface area contributed by atoms with Crippen LogP contribution >= 0.6 is 0 Å². The maximum absolute atomic E-state index is 12.4. The largest absolute Gasteiger partial charge is 0.325 e. The van der Waals surface area contributed by atoms with E-state index in [0.29, 0.717) is 5.92 Å². The molecule has 3 nitrogen and oxygen atoms in total. The molecule has 120 valence electrons. The molecule has 1 heterocycles. The maximum atomic E-state index is 12.4. The lowest BCUT2D eigenvalue weighted by atomic mass is 9.90. The van der Waals surface area contributed by atoms with Gasteiger partial charge in [-0.3, -0.25) is 0 Å². The van der Waals surface area contributed by atoms with E-state index in [1.165, 1.54) is 5.56 Å². The van der Waals surface area contributed by atoms with Gasteiger partial charge in [-0.1, -0.05) is 48.5 Å². The molecule has 2 amide bonds. The van der Waals surface area contributed by atoms with E-state index in [-0.39, 0.29) is 6.03 Å². The molecule has 1 fully saturated rings. The number of aryl methyl sites for hydroxylation is 1. The zero-order valence-corrected chi connectivity index (χ0v) is 13.7. The van der Waals surface area contributed by atoms with Crippen molar-refractivity contribution >= 4 is 11.7 Å². The molecule has 0 radical (unpaired) electrons. The molecule has 1 saturated heterocycles. The minimum Gasteiger partial charge on any atom is -0.325 e. The van der Waals surface area contributed by atoms with E-state index in [0.717, 1.165) is 43.6 Å². The first-order chi connectivity index (χ1) is 11.2. The average Bonchev–Trinajstić information content (AvgIpc) is 2.58. The Kier molecular flexibility index (Phi) is 4.96. The van der Waals surface area contributed by atoms with Crippen molar-refractivity contribution in [1.82, 2.24) is 4.90 Å². The molecule has 2 aromatic rings. The van der Waals surface area contributed by atoms with Crippen LogP contribution in [0.25, 0.3) is 0 Å². The molecular weight excluding hydrogens is 284 g/mol. The SMILES string of the molecule is Cc1ccccc1NC(=O)N1CCC(Cc2ccccc2)CC1. The fourth-order valence-corrected chi connectivity index (χ4v) is 3.20. The molecule has 0 aromatic heterocycles. The van der Waals surface area contributed by atoms with Gasteiger partial charge in [0.1, 0.15) is 0 Å². The van der Waals surface area contributed by atoms with Crippen LogP contribution in [0.2, 0.25) is 0 Å². The Labute approximate surface area is 138 Å². The minimum absolute atomic E-state index is 0.0254. The van der Waals surface area contributed by atoms with Crippen molar-refractivity contribution in [3.8, 4) is 0 Å². The number of hydrogen-bond donors (Lipinski definition) is 1. The van der Waals surface area contributed by atoms with Crippen LogP contribution in [0.4, 0.5) is 10.5 Å². The lowest BCUT2D eigenvalue weighted by molar-refractivity contribution is 0.182. The molecule has 2 aromatic carbocycles. The van der Waals surface area contributed by atoms with Crippen molar-refractivity contribution in [2.24, 2.45) is 5.92 Å². The van der Waals surface area contributed by atoms with Crippen LogP contribution in [-0.2, 0) is 6.42 Å². The first kappa shape index (κ1) is 15.6. The zero-order chi connectivity index (χ0) is 16.1. The van der Waals surface area contributed by atoms with Gasteiger partial charge < -0.3 is 10.2 Å². The van der Waals surface area contributed by atoms with E-state index in [4.69, 9.17) is 0 Å².